The molecule has 0 bridgehead atoms. The number of nitrogens with zero attached hydrogens (tertiary/aromatic N) is 2. The van der Waals surface area contributed by atoms with Crippen molar-refractivity contribution in [1.82, 2.24) is 0 Å². The molecule has 0 aliphatic carbocycles. The largest absolute Gasteiger partial charge is 0.495 e. The lowest BCUT2D eigenvalue weighted by molar-refractivity contribution is -0.120. The molecule has 3 aromatic carbocycles. The summed E-state index contributed by atoms with van der Waals surface area (Å²) in [4.78, 5) is 29.9. The number of para-hydroxylation sites is 2. The molecule has 4 rings (SSSR count). The highest BCUT2D eigenvalue weighted by Gasteiger charge is 2.40. The van der Waals surface area contributed by atoms with Gasteiger partial charge in [-0.25, -0.2) is 9.29 Å². The molecule has 0 radical (unpaired) electrons. The molecule has 0 unspecified atom stereocenters. The fourth-order valence-electron chi connectivity index (χ4n) is 3.55. The Morgan fingerprint density at radius 1 is 0.875 bits per heavy atom. The van der Waals surface area contributed by atoms with Crippen molar-refractivity contribution in [2.45, 2.75) is 0 Å². The molecule has 0 saturated carbocycles. The summed E-state index contributed by atoms with van der Waals surface area (Å²) >= 11 is 0. The van der Waals surface area contributed by atoms with Gasteiger partial charge in [-0.3, -0.25) is 9.59 Å². The van der Waals surface area contributed by atoms with Crippen LogP contribution in [0.5, 0.6) is 5.75 Å². The summed E-state index contributed by atoms with van der Waals surface area (Å²) in [5.74, 6) is -0.900. The van der Waals surface area contributed by atoms with E-state index in [1.165, 1.54) is 31.4 Å². The van der Waals surface area contributed by atoms with Crippen molar-refractivity contribution in [3.05, 3.63) is 89.9 Å². The number of imide groups is 1. The number of carbonyl (C=O) groups excluding carboxylic acids is 2. The molecule has 1 aliphatic rings. The summed E-state index contributed by atoms with van der Waals surface area (Å²) in [7, 11) is 5.34. The number of carbonyl (C=O) groups is 2. The summed E-state index contributed by atoms with van der Waals surface area (Å²) in [5, 5.41) is 3.07. The average Bonchev–Trinajstić information content (AvgIpc) is 3.04. The molecule has 0 spiro atoms. The van der Waals surface area contributed by atoms with Gasteiger partial charge in [-0.05, 0) is 54.1 Å². The Bertz CT molecular complexity index is 1200. The number of anilines is 3. The van der Waals surface area contributed by atoms with Crippen molar-refractivity contribution in [2.75, 3.05) is 36.3 Å². The Kier molecular flexibility index (Phi) is 5.64. The van der Waals surface area contributed by atoms with E-state index in [1.54, 1.807) is 36.4 Å². The van der Waals surface area contributed by atoms with E-state index in [1.807, 2.05) is 31.1 Å². The highest BCUT2D eigenvalue weighted by Crippen LogP contribution is 2.36. The molecule has 162 valence electrons. The summed E-state index contributed by atoms with van der Waals surface area (Å²) in [5.41, 5.74) is 2.62. The zero-order chi connectivity index (χ0) is 22.8. The maximum Gasteiger partial charge on any atom is 0.282 e. The fourth-order valence-corrected chi connectivity index (χ4v) is 3.55. The third-order valence-corrected chi connectivity index (χ3v) is 5.21. The van der Waals surface area contributed by atoms with Crippen LogP contribution in [-0.2, 0) is 9.59 Å². The standard InChI is InChI=1S/C25H22FN3O3/c1-28(2)18-12-14-19(15-13-18)29-24(30)22(16-8-10-17(26)11-9-16)23(25(29)31)27-20-6-4-5-7-21(20)32-3/h4-15,27H,1-3H3. The SMILES string of the molecule is COc1ccccc1NC1=C(c2ccc(F)cc2)C(=O)N(c2ccc(N(C)C)cc2)C1=O. The molecule has 1 N–H and O–H groups in total. The number of ether oxygens (including phenoxy) is 1. The first-order valence-corrected chi connectivity index (χ1v) is 9.97. The molecule has 32 heavy (non-hydrogen) atoms. The monoisotopic (exact) mass is 431 g/mol. The minimum atomic E-state index is -0.502. The van der Waals surface area contributed by atoms with Crippen LogP contribution < -0.4 is 19.9 Å². The Labute approximate surface area is 185 Å². The van der Waals surface area contributed by atoms with E-state index >= 15 is 0 Å². The van der Waals surface area contributed by atoms with Gasteiger partial charge in [-0.15, -0.1) is 0 Å². The number of methoxy groups -OCH3 is 1. The molecule has 0 aromatic heterocycles. The van der Waals surface area contributed by atoms with Gasteiger partial charge >= 0.3 is 0 Å². The highest BCUT2D eigenvalue weighted by molar-refractivity contribution is 6.46. The number of halogens is 1. The van der Waals surface area contributed by atoms with E-state index in [-0.39, 0.29) is 11.3 Å². The van der Waals surface area contributed by atoms with Gasteiger partial charge in [0.25, 0.3) is 11.8 Å². The molecule has 0 saturated heterocycles. The van der Waals surface area contributed by atoms with Gasteiger partial charge in [0, 0.05) is 19.8 Å². The minimum absolute atomic E-state index is 0.0998. The second kappa shape index (κ2) is 8.55. The van der Waals surface area contributed by atoms with Crippen LogP contribution in [0.3, 0.4) is 0 Å². The summed E-state index contributed by atoms with van der Waals surface area (Å²) < 4.78 is 18.9. The zero-order valence-electron chi connectivity index (χ0n) is 17.9. The minimum Gasteiger partial charge on any atom is -0.495 e. The molecule has 2 amide bonds. The predicted octanol–water partition coefficient (Wildman–Crippen LogP) is 4.30. The molecule has 3 aromatic rings. The van der Waals surface area contributed by atoms with Crippen LogP contribution in [0.1, 0.15) is 5.56 Å². The Morgan fingerprint density at radius 3 is 2.16 bits per heavy atom. The first-order chi connectivity index (χ1) is 15.4. The Balaban J connectivity index is 1.80. The second-order valence-electron chi connectivity index (χ2n) is 7.44. The second-order valence-corrected chi connectivity index (χ2v) is 7.44. The third kappa shape index (κ3) is 3.80. The summed E-state index contributed by atoms with van der Waals surface area (Å²) in [6, 6.07) is 19.7. The highest BCUT2D eigenvalue weighted by atomic mass is 19.1. The molecular weight excluding hydrogens is 409 g/mol. The van der Waals surface area contributed by atoms with Gasteiger partial charge in [-0.2, -0.15) is 0 Å². The Morgan fingerprint density at radius 2 is 1.53 bits per heavy atom. The van der Waals surface area contributed by atoms with Crippen molar-refractivity contribution in [2.24, 2.45) is 0 Å². The lowest BCUT2D eigenvalue weighted by Crippen LogP contribution is -2.32. The van der Waals surface area contributed by atoms with Gasteiger partial charge in [0.05, 0.1) is 24.1 Å². The molecule has 7 heteroatoms. The van der Waals surface area contributed by atoms with Crippen LogP contribution in [0.15, 0.2) is 78.5 Å². The van der Waals surface area contributed by atoms with Crippen LogP contribution in [0, 0.1) is 5.82 Å². The normalized spacial score (nSPS) is 13.6. The van der Waals surface area contributed by atoms with Crippen LogP contribution in [0.25, 0.3) is 5.57 Å². The maximum atomic E-state index is 13.5. The molecule has 0 atom stereocenters. The lowest BCUT2D eigenvalue weighted by Gasteiger charge is -2.18. The van der Waals surface area contributed by atoms with Crippen molar-refractivity contribution >= 4 is 34.4 Å². The van der Waals surface area contributed by atoms with Crippen molar-refractivity contribution in [3.8, 4) is 5.75 Å². The van der Waals surface area contributed by atoms with Gasteiger partial charge in [0.2, 0.25) is 0 Å². The van der Waals surface area contributed by atoms with E-state index in [4.69, 9.17) is 4.74 Å². The average molecular weight is 431 g/mol. The van der Waals surface area contributed by atoms with E-state index in [0.29, 0.717) is 22.7 Å². The number of nitrogens with one attached hydrogen (secondary N) is 1. The number of rotatable bonds is 6. The third-order valence-electron chi connectivity index (χ3n) is 5.21. The smallest absolute Gasteiger partial charge is 0.282 e. The van der Waals surface area contributed by atoms with Crippen molar-refractivity contribution in [3.63, 3.8) is 0 Å². The zero-order valence-corrected chi connectivity index (χ0v) is 17.9. The first kappa shape index (κ1) is 21.1. The number of benzene rings is 3. The first-order valence-electron chi connectivity index (χ1n) is 9.97. The van der Waals surface area contributed by atoms with Crippen LogP contribution in [-0.4, -0.2) is 33.0 Å². The quantitative estimate of drug-likeness (QED) is 0.590. The van der Waals surface area contributed by atoms with E-state index in [2.05, 4.69) is 5.32 Å². The Hall–Kier alpha value is -4.13. The fraction of sp³-hybridized carbons (Fsp3) is 0.120. The van der Waals surface area contributed by atoms with Gasteiger partial charge in [-0.1, -0.05) is 24.3 Å². The molecular formula is C25H22FN3O3. The lowest BCUT2D eigenvalue weighted by atomic mass is 10.0. The number of amides is 2. The van der Waals surface area contributed by atoms with E-state index < -0.39 is 17.6 Å². The van der Waals surface area contributed by atoms with E-state index in [0.717, 1.165) is 10.6 Å². The van der Waals surface area contributed by atoms with Crippen LogP contribution in [0.2, 0.25) is 0 Å². The van der Waals surface area contributed by atoms with Crippen molar-refractivity contribution < 1.29 is 18.7 Å². The van der Waals surface area contributed by atoms with Gasteiger partial charge in [0.15, 0.2) is 0 Å². The summed E-state index contributed by atoms with van der Waals surface area (Å²) in [6.07, 6.45) is 0. The van der Waals surface area contributed by atoms with Crippen molar-refractivity contribution in [1.29, 1.82) is 0 Å². The molecule has 6 nitrogen and oxygen atoms in total. The number of hydrogen-bond donors (Lipinski definition) is 1. The molecule has 0 fully saturated rings. The maximum absolute atomic E-state index is 13.5. The number of hydrogen-bond acceptors (Lipinski definition) is 5. The van der Waals surface area contributed by atoms with Gasteiger partial charge < -0.3 is 15.0 Å². The van der Waals surface area contributed by atoms with E-state index in [9.17, 15) is 14.0 Å². The topological polar surface area (TPSA) is 61.9 Å². The molecule has 1 heterocycles. The summed E-state index contributed by atoms with van der Waals surface area (Å²) in [6.45, 7) is 0. The van der Waals surface area contributed by atoms with Gasteiger partial charge in [0.1, 0.15) is 17.3 Å². The van der Waals surface area contributed by atoms with Crippen LogP contribution >= 0.6 is 0 Å². The van der Waals surface area contributed by atoms with Crippen LogP contribution in [0.4, 0.5) is 21.5 Å². The molecule has 1 aliphatic heterocycles. The predicted molar refractivity (Wildman–Crippen MR) is 123 cm³/mol.